The van der Waals surface area contributed by atoms with Crippen LogP contribution in [0.25, 0.3) is 0 Å². The SMILES string of the molecule is O=C(CCc1ccc(Cl)cc1)NC(C(=O)O)C1CC1. The topological polar surface area (TPSA) is 66.4 Å². The molecule has 2 rings (SSSR count). The van der Waals surface area contributed by atoms with E-state index in [1.54, 1.807) is 12.1 Å². The van der Waals surface area contributed by atoms with Crippen LogP contribution < -0.4 is 5.32 Å². The summed E-state index contributed by atoms with van der Waals surface area (Å²) in [6.45, 7) is 0. The second-order valence-electron chi connectivity index (χ2n) is 4.85. The third-order valence-corrected chi connectivity index (χ3v) is 3.48. The van der Waals surface area contributed by atoms with E-state index in [0.29, 0.717) is 11.4 Å². The molecule has 2 N–H and O–H groups in total. The second-order valence-corrected chi connectivity index (χ2v) is 5.28. The van der Waals surface area contributed by atoms with E-state index in [1.165, 1.54) is 0 Å². The average molecular weight is 282 g/mol. The Bertz CT molecular complexity index is 468. The number of carbonyl (C=O) groups excluding carboxylic acids is 1. The van der Waals surface area contributed by atoms with Gasteiger partial charge in [-0.15, -0.1) is 0 Å². The maximum atomic E-state index is 11.7. The number of carbonyl (C=O) groups is 2. The number of aryl methyl sites for hydroxylation is 1. The molecule has 1 aliphatic carbocycles. The molecule has 102 valence electrons. The highest BCUT2D eigenvalue weighted by molar-refractivity contribution is 6.30. The zero-order chi connectivity index (χ0) is 13.8. The highest BCUT2D eigenvalue weighted by Crippen LogP contribution is 2.32. The third kappa shape index (κ3) is 4.24. The summed E-state index contributed by atoms with van der Waals surface area (Å²) < 4.78 is 0. The summed E-state index contributed by atoms with van der Waals surface area (Å²) in [5, 5.41) is 12.3. The predicted octanol–water partition coefficient (Wildman–Crippen LogP) is 2.25. The molecule has 1 atom stereocenters. The molecule has 1 amide bonds. The minimum absolute atomic E-state index is 0.108. The zero-order valence-corrected chi connectivity index (χ0v) is 11.2. The largest absolute Gasteiger partial charge is 0.480 e. The lowest BCUT2D eigenvalue weighted by Gasteiger charge is -2.13. The number of hydrogen-bond donors (Lipinski definition) is 2. The van der Waals surface area contributed by atoms with Gasteiger partial charge in [-0.1, -0.05) is 23.7 Å². The van der Waals surface area contributed by atoms with Crippen LogP contribution in [0.2, 0.25) is 5.02 Å². The average Bonchev–Trinajstić information content (AvgIpc) is 3.19. The van der Waals surface area contributed by atoms with Gasteiger partial charge in [0.15, 0.2) is 0 Å². The van der Waals surface area contributed by atoms with E-state index in [4.69, 9.17) is 16.7 Å². The molecule has 1 fully saturated rings. The quantitative estimate of drug-likeness (QED) is 0.840. The van der Waals surface area contributed by atoms with Crippen molar-refractivity contribution in [1.29, 1.82) is 0 Å². The van der Waals surface area contributed by atoms with Gasteiger partial charge in [0.25, 0.3) is 0 Å². The first-order valence-electron chi connectivity index (χ1n) is 6.33. The first kappa shape index (κ1) is 13.9. The van der Waals surface area contributed by atoms with Crippen molar-refractivity contribution in [3.05, 3.63) is 34.9 Å². The molecule has 0 radical (unpaired) electrons. The number of rotatable bonds is 6. The lowest BCUT2D eigenvalue weighted by atomic mass is 10.1. The van der Waals surface area contributed by atoms with Gasteiger partial charge in [-0.3, -0.25) is 4.79 Å². The molecular weight excluding hydrogens is 266 g/mol. The van der Waals surface area contributed by atoms with Crippen LogP contribution in [0, 0.1) is 5.92 Å². The fourth-order valence-electron chi connectivity index (χ4n) is 1.97. The molecular formula is C14H16ClNO3. The van der Waals surface area contributed by atoms with E-state index in [0.717, 1.165) is 18.4 Å². The van der Waals surface area contributed by atoms with Crippen LogP contribution in [0.1, 0.15) is 24.8 Å². The van der Waals surface area contributed by atoms with Gasteiger partial charge in [0.1, 0.15) is 6.04 Å². The van der Waals surface area contributed by atoms with E-state index in [-0.39, 0.29) is 18.2 Å². The van der Waals surface area contributed by atoms with E-state index in [9.17, 15) is 9.59 Å². The Hall–Kier alpha value is -1.55. The molecule has 0 saturated heterocycles. The highest BCUT2D eigenvalue weighted by atomic mass is 35.5. The first-order valence-corrected chi connectivity index (χ1v) is 6.70. The summed E-state index contributed by atoms with van der Waals surface area (Å²) in [5.41, 5.74) is 1.01. The van der Waals surface area contributed by atoms with Gasteiger partial charge < -0.3 is 10.4 Å². The number of carboxylic acid groups (broad SMARTS) is 1. The van der Waals surface area contributed by atoms with Gasteiger partial charge in [0.2, 0.25) is 5.91 Å². The predicted molar refractivity (Wildman–Crippen MR) is 72.1 cm³/mol. The molecule has 0 spiro atoms. The number of hydrogen-bond acceptors (Lipinski definition) is 2. The van der Waals surface area contributed by atoms with Crippen LogP contribution in [0.4, 0.5) is 0 Å². The lowest BCUT2D eigenvalue weighted by Crippen LogP contribution is -2.42. The highest BCUT2D eigenvalue weighted by Gasteiger charge is 2.37. The number of amides is 1. The summed E-state index contributed by atoms with van der Waals surface area (Å²) in [6.07, 6.45) is 2.64. The molecule has 4 nitrogen and oxygen atoms in total. The molecule has 0 aromatic heterocycles. The second kappa shape index (κ2) is 6.06. The van der Waals surface area contributed by atoms with Crippen molar-refractivity contribution in [2.75, 3.05) is 0 Å². The van der Waals surface area contributed by atoms with Crippen molar-refractivity contribution >= 4 is 23.5 Å². The van der Waals surface area contributed by atoms with Crippen molar-refractivity contribution < 1.29 is 14.7 Å². The van der Waals surface area contributed by atoms with E-state index < -0.39 is 12.0 Å². The summed E-state index contributed by atoms with van der Waals surface area (Å²) >= 11 is 5.78. The van der Waals surface area contributed by atoms with Crippen LogP contribution in [0.15, 0.2) is 24.3 Å². The minimum Gasteiger partial charge on any atom is -0.480 e. The minimum atomic E-state index is -0.942. The third-order valence-electron chi connectivity index (χ3n) is 3.23. The van der Waals surface area contributed by atoms with Gasteiger partial charge in [-0.05, 0) is 42.9 Å². The zero-order valence-electron chi connectivity index (χ0n) is 10.4. The van der Waals surface area contributed by atoms with Gasteiger partial charge in [-0.2, -0.15) is 0 Å². The van der Waals surface area contributed by atoms with Crippen LogP contribution in [0.3, 0.4) is 0 Å². The fraction of sp³-hybridized carbons (Fsp3) is 0.429. The van der Waals surface area contributed by atoms with E-state index in [1.807, 2.05) is 12.1 Å². The maximum Gasteiger partial charge on any atom is 0.326 e. The van der Waals surface area contributed by atoms with Crippen LogP contribution in [-0.4, -0.2) is 23.0 Å². The van der Waals surface area contributed by atoms with Crippen LogP contribution >= 0.6 is 11.6 Å². The fourth-order valence-corrected chi connectivity index (χ4v) is 2.09. The number of carboxylic acids is 1. The lowest BCUT2D eigenvalue weighted by molar-refractivity contribution is -0.142. The molecule has 1 aliphatic rings. The van der Waals surface area contributed by atoms with Gasteiger partial charge in [-0.25, -0.2) is 4.79 Å². The summed E-state index contributed by atoms with van der Waals surface area (Å²) in [4.78, 5) is 22.7. The smallest absolute Gasteiger partial charge is 0.326 e. The Morgan fingerprint density at radius 1 is 1.32 bits per heavy atom. The Morgan fingerprint density at radius 2 is 1.95 bits per heavy atom. The Kier molecular flexibility index (Phi) is 4.43. The Labute approximate surface area is 116 Å². The van der Waals surface area contributed by atoms with Crippen molar-refractivity contribution in [3.8, 4) is 0 Å². The molecule has 1 aromatic rings. The van der Waals surface area contributed by atoms with Crippen LogP contribution in [-0.2, 0) is 16.0 Å². The summed E-state index contributed by atoms with van der Waals surface area (Å²) in [6, 6.07) is 6.56. The van der Waals surface area contributed by atoms with Crippen molar-refractivity contribution in [2.45, 2.75) is 31.7 Å². The first-order chi connectivity index (χ1) is 9.06. The number of aliphatic carboxylic acids is 1. The van der Waals surface area contributed by atoms with Crippen molar-refractivity contribution in [3.63, 3.8) is 0 Å². The molecule has 1 unspecified atom stereocenters. The number of nitrogens with one attached hydrogen (secondary N) is 1. The van der Waals surface area contributed by atoms with Gasteiger partial charge in [0, 0.05) is 11.4 Å². The Morgan fingerprint density at radius 3 is 2.47 bits per heavy atom. The molecule has 1 saturated carbocycles. The molecule has 0 aliphatic heterocycles. The van der Waals surface area contributed by atoms with E-state index >= 15 is 0 Å². The van der Waals surface area contributed by atoms with Crippen molar-refractivity contribution in [2.24, 2.45) is 5.92 Å². The van der Waals surface area contributed by atoms with Gasteiger partial charge in [0.05, 0.1) is 0 Å². The normalized spacial score (nSPS) is 15.8. The molecule has 1 aromatic carbocycles. The number of halogens is 1. The monoisotopic (exact) mass is 281 g/mol. The van der Waals surface area contributed by atoms with Crippen molar-refractivity contribution in [1.82, 2.24) is 5.32 Å². The van der Waals surface area contributed by atoms with Gasteiger partial charge >= 0.3 is 5.97 Å². The van der Waals surface area contributed by atoms with Crippen LogP contribution in [0.5, 0.6) is 0 Å². The molecule has 5 heteroatoms. The standard InChI is InChI=1S/C14H16ClNO3/c15-11-6-1-9(2-7-11)3-8-12(17)16-13(14(18)19)10-4-5-10/h1-2,6-7,10,13H,3-5,8H2,(H,16,17)(H,18,19). The maximum absolute atomic E-state index is 11.7. The van der Waals surface area contributed by atoms with E-state index in [2.05, 4.69) is 5.32 Å². The summed E-state index contributed by atoms with van der Waals surface area (Å²) in [7, 11) is 0. The summed E-state index contributed by atoms with van der Waals surface area (Å²) in [5.74, 6) is -1.05. The molecule has 0 bridgehead atoms. The Balaban J connectivity index is 1.80. The molecule has 0 heterocycles. The molecule has 19 heavy (non-hydrogen) atoms. The number of benzene rings is 1.